The van der Waals surface area contributed by atoms with Crippen molar-refractivity contribution in [2.75, 3.05) is 6.61 Å². The van der Waals surface area contributed by atoms with Crippen LogP contribution in [0.15, 0.2) is 48.5 Å². The number of aryl methyl sites for hydroxylation is 1. The molecule has 0 unspecified atom stereocenters. The Balaban J connectivity index is 1.81. The summed E-state index contributed by atoms with van der Waals surface area (Å²) >= 11 is 0. The molecule has 0 amide bonds. The highest BCUT2D eigenvalue weighted by molar-refractivity contribution is 5.95. The number of nitrogens with zero attached hydrogens (tertiary/aromatic N) is 3. The maximum atomic E-state index is 11.5. The zero-order chi connectivity index (χ0) is 20.6. The van der Waals surface area contributed by atoms with Crippen LogP contribution in [0.2, 0.25) is 0 Å². The third-order valence-corrected chi connectivity index (χ3v) is 4.67. The normalized spacial score (nSPS) is 10.8. The summed E-state index contributed by atoms with van der Waals surface area (Å²) in [7, 11) is 0. The van der Waals surface area contributed by atoms with Crippen LogP contribution in [-0.4, -0.2) is 32.4 Å². The second-order valence-corrected chi connectivity index (χ2v) is 6.96. The maximum absolute atomic E-state index is 11.5. The standard InChI is InChI=1S/C23H27N3O3/c1-3-5-14-26-21(24-23(25-26)29-15-4-2)16-17-10-12-18(13-11-17)19-8-6-7-9-20(19)22(27)28/h6-13H,3-5,14-16H2,1-2H3,(H,27,28). The lowest BCUT2D eigenvalue weighted by molar-refractivity contribution is 0.0697. The first-order valence-electron chi connectivity index (χ1n) is 10.1. The smallest absolute Gasteiger partial charge is 0.336 e. The van der Waals surface area contributed by atoms with E-state index in [2.05, 4.69) is 23.9 Å². The topological polar surface area (TPSA) is 77.2 Å². The molecule has 3 rings (SSSR count). The number of hydrogen-bond acceptors (Lipinski definition) is 4. The predicted molar refractivity (Wildman–Crippen MR) is 112 cm³/mol. The zero-order valence-corrected chi connectivity index (χ0v) is 17.0. The maximum Gasteiger partial charge on any atom is 0.336 e. The Bertz CT molecular complexity index is 948. The number of ether oxygens (including phenoxy) is 1. The van der Waals surface area contributed by atoms with Gasteiger partial charge in [-0.3, -0.25) is 0 Å². The minimum atomic E-state index is -0.923. The van der Waals surface area contributed by atoms with Crippen molar-refractivity contribution in [3.05, 3.63) is 65.5 Å². The van der Waals surface area contributed by atoms with E-state index in [1.54, 1.807) is 12.1 Å². The van der Waals surface area contributed by atoms with Crippen LogP contribution in [-0.2, 0) is 13.0 Å². The molecule has 1 aromatic heterocycles. The highest BCUT2D eigenvalue weighted by Gasteiger charge is 2.13. The van der Waals surface area contributed by atoms with Crippen LogP contribution < -0.4 is 4.74 Å². The molecule has 0 aliphatic rings. The highest BCUT2D eigenvalue weighted by Crippen LogP contribution is 2.25. The van der Waals surface area contributed by atoms with Crippen molar-refractivity contribution in [2.45, 2.75) is 46.1 Å². The molecule has 0 bridgehead atoms. The van der Waals surface area contributed by atoms with Crippen molar-refractivity contribution in [1.82, 2.24) is 14.8 Å². The number of carboxylic acid groups (broad SMARTS) is 1. The number of aromatic nitrogens is 3. The molecular weight excluding hydrogens is 366 g/mol. The van der Waals surface area contributed by atoms with Crippen molar-refractivity contribution in [2.24, 2.45) is 0 Å². The van der Waals surface area contributed by atoms with Gasteiger partial charge in [-0.2, -0.15) is 4.98 Å². The van der Waals surface area contributed by atoms with Crippen LogP contribution in [0.25, 0.3) is 11.1 Å². The Hall–Kier alpha value is -3.15. The largest absolute Gasteiger partial charge is 0.478 e. The molecule has 3 aromatic rings. The predicted octanol–water partition coefficient (Wildman–Crippen LogP) is 4.82. The molecule has 29 heavy (non-hydrogen) atoms. The quantitative estimate of drug-likeness (QED) is 0.534. The molecule has 0 fully saturated rings. The van der Waals surface area contributed by atoms with Gasteiger partial charge < -0.3 is 9.84 Å². The average Bonchev–Trinajstić information content (AvgIpc) is 3.12. The van der Waals surface area contributed by atoms with Crippen molar-refractivity contribution >= 4 is 5.97 Å². The number of aromatic carboxylic acids is 1. The Labute approximate surface area is 171 Å². The average molecular weight is 393 g/mol. The highest BCUT2D eigenvalue weighted by atomic mass is 16.5. The molecule has 1 N–H and O–H groups in total. The van der Waals surface area contributed by atoms with Gasteiger partial charge in [-0.15, -0.1) is 5.10 Å². The van der Waals surface area contributed by atoms with Gasteiger partial charge in [0.1, 0.15) is 5.82 Å². The Morgan fingerprint density at radius 1 is 1.07 bits per heavy atom. The molecule has 2 aromatic carbocycles. The number of benzene rings is 2. The summed E-state index contributed by atoms with van der Waals surface area (Å²) in [6, 6.07) is 15.4. The van der Waals surface area contributed by atoms with E-state index in [0.717, 1.165) is 42.8 Å². The minimum absolute atomic E-state index is 0.303. The van der Waals surface area contributed by atoms with Crippen molar-refractivity contribution < 1.29 is 14.6 Å². The SMILES string of the molecule is CCCCn1nc(OCCC)nc1Cc1ccc(-c2ccccc2C(=O)O)cc1. The van der Waals surface area contributed by atoms with Crippen LogP contribution in [0.5, 0.6) is 6.01 Å². The molecule has 6 nitrogen and oxygen atoms in total. The molecule has 0 aliphatic carbocycles. The van der Waals surface area contributed by atoms with Gasteiger partial charge in [-0.25, -0.2) is 9.48 Å². The van der Waals surface area contributed by atoms with E-state index < -0.39 is 5.97 Å². The summed E-state index contributed by atoms with van der Waals surface area (Å²) in [5.41, 5.74) is 2.99. The first-order chi connectivity index (χ1) is 14.1. The van der Waals surface area contributed by atoms with E-state index >= 15 is 0 Å². The monoisotopic (exact) mass is 393 g/mol. The van der Waals surface area contributed by atoms with Gasteiger partial charge >= 0.3 is 12.0 Å². The van der Waals surface area contributed by atoms with E-state index in [-0.39, 0.29) is 0 Å². The van der Waals surface area contributed by atoms with E-state index in [4.69, 9.17) is 4.74 Å². The van der Waals surface area contributed by atoms with Gasteiger partial charge in [-0.1, -0.05) is 62.7 Å². The molecule has 0 saturated heterocycles. The molecule has 0 radical (unpaired) electrons. The van der Waals surface area contributed by atoms with Crippen LogP contribution in [0.1, 0.15) is 54.9 Å². The summed E-state index contributed by atoms with van der Waals surface area (Å²) < 4.78 is 7.54. The van der Waals surface area contributed by atoms with Gasteiger partial charge in [0, 0.05) is 13.0 Å². The second-order valence-electron chi connectivity index (χ2n) is 6.96. The van der Waals surface area contributed by atoms with Crippen LogP contribution >= 0.6 is 0 Å². The first-order valence-corrected chi connectivity index (χ1v) is 10.1. The van der Waals surface area contributed by atoms with E-state index in [0.29, 0.717) is 30.2 Å². The molecular formula is C23H27N3O3. The fraction of sp³-hybridized carbons (Fsp3) is 0.348. The lowest BCUT2D eigenvalue weighted by Gasteiger charge is -2.08. The fourth-order valence-corrected chi connectivity index (χ4v) is 3.13. The lowest BCUT2D eigenvalue weighted by atomic mass is 9.98. The van der Waals surface area contributed by atoms with Gasteiger partial charge in [-0.05, 0) is 35.6 Å². The van der Waals surface area contributed by atoms with E-state index in [9.17, 15) is 9.90 Å². The molecule has 0 aliphatic heterocycles. The van der Waals surface area contributed by atoms with Crippen LogP contribution in [0, 0.1) is 0 Å². The summed E-state index contributed by atoms with van der Waals surface area (Å²) in [5.74, 6) is -0.0449. The van der Waals surface area contributed by atoms with Gasteiger partial charge in [0.05, 0.1) is 12.2 Å². The third-order valence-electron chi connectivity index (χ3n) is 4.67. The molecule has 0 saturated carbocycles. The van der Waals surface area contributed by atoms with E-state index in [1.807, 2.05) is 41.1 Å². The van der Waals surface area contributed by atoms with Gasteiger partial charge in [0.25, 0.3) is 0 Å². The number of hydrogen-bond donors (Lipinski definition) is 1. The molecule has 152 valence electrons. The summed E-state index contributed by atoms with van der Waals surface area (Å²) in [4.78, 5) is 16.0. The first kappa shape index (κ1) is 20.6. The summed E-state index contributed by atoms with van der Waals surface area (Å²) in [6.45, 7) is 5.63. The number of carboxylic acids is 1. The number of unbranched alkanes of at least 4 members (excludes halogenated alkanes) is 1. The molecule has 6 heteroatoms. The fourth-order valence-electron chi connectivity index (χ4n) is 3.13. The molecule has 1 heterocycles. The zero-order valence-electron chi connectivity index (χ0n) is 17.0. The van der Waals surface area contributed by atoms with Crippen molar-refractivity contribution in [3.8, 4) is 17.1 Å². The summed E-state index contributed by atoms with van der Waals surface area (Å²) in [5, 5.41) is 13.9. The molecule has 0 spiro atoms. The summed E-state index contributed by atoms with van der Waals surface area (Å²) in [6.07, 6.45) is 3.68. The molecule has 0 atom stereocenters. The van der Waals surface area contributed by atoms with Crippen LogP contribution in [0.3, 0.4) is 0 Å². The Morgan fingerprint density at radius 3 is 2.52 bits per heavy atom. The second kappa shape index (κ2) is 9.87. The van der Waals surface area contributed by atoms with Crippen molar-refractivity contribution in [1.29, 1.82) is 0 Å². The van der Waals surface area contributed by atoms with Crippen molar-refractivity contribution in [3.63, 3.8) is 0 Å². The lowest BCUT2D eigenvalue weighted by Crippen LogP contribution is -2.06. The van der Waals surface area contributed by atoms with Gasteiger partial charge in [0.15, 0.2) is 0 Å². The van der Waals surface area contributed by atoms with Gasteiger partial charge in [0.2, 0.25) is 0 Å². The number of carbonyl (C=O) groups is 1. The van der Waals surface area contributed by atoms with Crippen LogP contribution in [0.4, 0.5) is 0 Å². The minimum Gasteiger partial charge on any atom is -0.478 e. The Kier molecular flexibility index (Phi) is 7.00. The Morgan fingerprint density at radius 2 is 1.83 bits per heavy atom. The number of rotatable bonds is 10. The third kappa shape index (κ3) is 5.22. The van der Waals surface area contributed by atoms with E-state index in [1.165, 1.54) is 0 Å².